The number of carbonyl (C=O) groups is 4. The van der Waals surface area contributed by atoms with E-state index in [1.54, 1.807) is 34.5 Å². The molecule has 236 valence electrons. The molecule has 2 unspecified atom stereocenters. The minimum absolute atomic E-state index is 0. The Balaban J connectivity index is -0.000000539. The van der Waals surface area contributed by atoms with Crippen LogP contribution < -0.4 is 0 Å². The van der Waals surface area contributed by atoms with E-state index in [1.807, 2.05) is 6.79 Å². The Morgan fingerprint density at radius 1 is 0.805 bits per heavy atom. The van der Waals surface area contributed by atoms with Crippen molar-refractivity contribution >= 4 is 24.5 Å². The van der Waals surface area contributed by atoms with Crippen LogP contribution in [0.25, 0.3) is 0 Å². The molecule has 0 bridgehead atoms. The summed E-state index contributed by atoms with van der Waals surface area (Å²) in [5, 5.41) is 0. The Morgan fingerprint density at radius 3 is 1.46 bits per heavy atom. The molecule has 0 amide bonds. The quantitative estimate of drug-likeness (QED) is 0.0643. The Bertz CT molecular complexity index is 907. The molecule has 0 N–H and O–H groups in total. The summed E-state index contributed by atoms with van der Waals surface area (Å²) in [6.45, 7) is 16.8. The van der Waals surface area contributed by atoms with Gasteiger partial charge < -0.3 is 33.2 Å². The van der Waals surface area contributed by atoms with Gasteiger partial charge in [0.2, 0.25) is 0 Å². The Kier molecular flexibility index (Phi) is 23.7. The Morgan fingerprint density at radius 2 is 1.20 bits per heavy atom. The molecule has 2 fully saturated rings. The summed E-state index contributed by atoms with van der Waals surface area (Å²) < 4.78 is 29.3. The van der Waals surface area contributed by atoms with Crippen LogP contribution in [0.1, 0.15) is 68.7 Å². The van der Waals surface area contributed by atoms with Crippen LogP contribution >= 0.6 is 0 Å². The largest absolute Gasteiger partial charge is 0.496 e. The van der Waals surface area contributed by atoms with Crippen LogP contribution in [0.4, 0.5) is 0 Å². The van der Waals surface area contributed by atoms with Gasteiger partial charge in [0.05, 0.1) is 20.3 Å². The smallest absolute Gasteiger partial charge is 0.310 e. The fourth-order valence-corrected chi connectivity index (χ4v) is 3.85. The third-order valence-corrected chi connectivity index (χ3v) is 6.63. The van der Waals surface area contributed by atoms with Crippen LogP contribution in [-0.4, -0.2) is 72.6 Å². The molecule has 2 aliphatic rings. The second-order valence-electron chi connectivity index (χ2n) is 10.2. The molecule has 0 aromatic heterocycles. The number of methoxy groups -OCH3 is 3. The zero-order valence-corrected chi connectivity index (χ0v) is 25.8. The Labute approximate surface area is 246 Å². The fourth-order valence-electron chi connectivity index (χ4n) is 3.85. The first-order valence-electron chi connectivity index (χ1n) is 12.8. The van der Waals surface area contributed by atoms with Crippen LogP contribution in [0.15, 0.2) is 34.9 Å². The summed E-state index contributed by atoms with van der Waals surface area (Å²) in [5.41, 5.74) is 9.00. The van der Waals surface area contributed by atoms with Gasteiger partial charge in [0.15, 0.2) is 5.78 Å². The predicted octanol–water partition coefficient (Wildman–Crippen LogP) is 5.21. The highest BCUT2D eigenvalue weighted by Gasteiger charge is 2.44. The minimum atomic E-state index is -0.562. The van der Waals surface area contributed by atoms with Gasteiger partial charge in [0.25, 0.3) is 0 Å². The highest BCUT2D eigenvalue weighted by molar-refractivity contribution is 5.87. The summed E-state index contributed by atoms with van der Waals surface area (Å²) in [4.78, 5) is 38.4. The first-order chi connectivity index (χ1) is 18.7. The molecule has 41 heavy (non-hydrogen) atoms. The van der Waals surface area contributed by atoms with Gasteiger partial charge in [-0.05, 0) is 53.6 Å². The van der Waals surface area contributed by atoms with E-state index in [4.69, 9.17) is 28.5 Å². The molecule has 0 aromatic rings. The van der Waals surface area contributed by atoms with Crippen molar-refractivity contribution in [2.45, 2.75) is 68.7 Å². The van der Waals surface area contributed by atoms with Crippen molar-refractivity contribution in [1.82, 2.24) is 0 Å². The molecular formula is C31H52O10. The van der Waals surface area contributed by atoms with E-state index in [9.17, 15) is 14.4 Å². The average Bonchev–Trinajstić information content (AvgIpc) is 2.87. The highest BCUT2D eigenvalue weighted by Crippen LogP contribution is 2.51. The van der Waals surface area contributed by atoms with Gasteiger partial charge in [-0.15, -0.1) is 5.73 Å². The molecule has 2 rings (SSSR count). The normalized spacial score (nSPS) is 18.5. The summed E-state index contributed by atoms with van der Waals surface area (Å²) in [7, 11) is 4.89. The maximum Gasteiger partial charge on any atom is 0.310 e. The van der Waals surface area contributed by atoms with Gasteiger partial charge in [-0.2, -0.15) is 0 Å². The van der Waals surface area contributed by atoms with Gasteiger partial charge in [-0.25, -0.2) is 0 Å². The maximum absolute atomic E-state index is 10.8. The maximum atomic E-state index is 10.8. The van der Waals surface area contributed by atoms with E-state index in [-0.39, 0.29) is 24.0 Å². The zero-order valence-electron chi connectivity index (χ0n) is 25.8. The van der Waals surface area contributed by atoms with Crippen LogP contribution in [0.5, 0.6) is 0 Å². The van der Waals surface area contributed by atoms with Crippen LogP contribution in [-0.2, 0) is 47.6 Å². The highest BCUT2D eigenvalue weighted by atomic mass is 16.7. The lowest BCUT2D eigenvalue weighted by Gasteiger charge is -2.46. The third kappa shape index (κ3) is 16.9. The summed E-state index contributed by atoms with van der Waals surface area (Å²) in [5.74, 6) is -0.0340. The van der Waals surface area contributed by atoms with Gasteiger partial charge in [0, 0.05) is 34.1 Å². The average molecular weight is 585 g/mol. The first-order valence-corrected chi connectivity index (χ1v) is 12.8. The topological polar surface area (TPSA) is 124 Å². The second-order valence-corrected chi connectivity index (χ2v) is 10.2. The van der Waals surface area contributed by atoms with Crippen LogP contribution in [0, 0.1) is 22.7 Å². The van der Waals surface area contributed by atoms with Crippen molar-refractivity contribution in [2.75, 3.05) is 48.1 Å². The van der Waals surface area contributed by atoms with Crippen LogP contribution in [0.3, 0.4) is 0 Å². The van der Waals surface area contributed by atoms with Crippen molar-refractivity contribution in [3.8, 4) is 0 Å². The molecular weight excluding hydrogens is 532 g/mol. The number of ether oxygens (including phenoxy) is 6. The molecule has 2 saturated carbocycles. The van der Waals surface area contributed by atoms with E-state index in [1.165, 1.54) is 31.1 Å². The molecule has 10 nitrogen and oxygen atoms in total. The second kappa shape index (κ2) is 22.8. The number of carbonyl (C=O) groups excluding carboxylic acids is 4. The Hall–Kier alpha value is -2.84. The first kappa shape index (κ1) is 42.6. The van der Waals surface area contributed by atoms with Gasteiger partial charge in [-0.1, -0.05) is 40.9 Å². The van der Waals surface area contributed by atoms with Gasteiger partial charge in [0.1, 0.15) is 26.6 Å². The fraction of sp³-hybridized carbons (Fsp3) is 0.677. The molecule has 2 aliphatic carbocycles. The number of esters is 2. The summed E-state index contributed by atoms with van der Waals surface area (Å²) in [6, 6.07) is 0. The van der Waals surface area contributed by atoms with Crippen molar-refractivity contribution in [3.63, 3.8) is 0 Å². The summed E-state index contributed by atoms with van der Waals surface area (Å²) >= 11 is 0. The van der Waals surface area contributed by atoms with Crippen molar-refractivity contribution in [1.29, 1.82) is 0 Å². The minimum Gasteiger partial charge on any atom is -0.496 e. The SMILES string of the molecule is C.C=O.CC(=O)OC(C)=O.COC=C=C1CC(COCOC)C1(C)C.COCOCC1CC(=C=CC(C)=O)C1(C)C. The van der Waals surface area contributed by atoms with E-state index < -0.39 is 11.9 Å². The number of allylic oxidation sites excluding steroid dienone is 2. The van der Waals surface area contributed by atoms with E-state index in [0.717, 1.165) is 19.4 Å². The number of rotatable bonds is 10. The molecule has 0 radical (unpaired) electrons. The molecule has 0 aliphatic heterocycles. The van der Waals surface area contributed by atoms with E-state index >= 15 is 0 Å². The lowest BCUT2D eigenvalue weighted by molar-refractivity contribution is -0.156. The molecule has 2 atom stereocenters. The standard InChI is InChI=1S/C13H20O3.C12H20O3.C4H6O3.CH2O.CH4/c1-10(14)5-6-11-7-12(13(11,2)3)8-16-9-15-4;1-12(2)10(5-6-13-3)7-11(12)8-15-9-14-4;1-3(5)7-4(2)6;1-2;/h5,12H,7-9H2,1-4H3;6,11H,7-9H2,1-4H3;1-2H3;1H2;1H4. The van der Waals surface area contributed by atoms with Crippen molar-refractivity contribution in [2.24, 2.45) is 22.7 Å². The zero-order chi connectivity index (χ0) is 31.4. The van der Waals surface area contributed by atoms with E-state index in [2.05, 4.69) is 43.9 Å². The third-order valence-electron chi connectivity index (χ3n) is 6.63. The van der Waals surface area contributed by atoms with Crippen molar-refractivity contribution < 1.29 is 47.6 Å². The summed E-state index contributed by atoms with van der Waals surface area (Å²) in [6.07, 6.45) is 5.13. The molecule has 0 heterocycles. The number of hydrogen-bond acceptors (Lipinski definition) is 10. The van der Waals surface area contributed by atoms with E-state index in [0.29, 0.717) is 32.0 Å². The van der Waals surface area contributed by atoms with Gasteiger partial charge in [-0.3, -0.25) is 14.4 Å². The molecule has 10 heteroatoms. The number of hydrogen-bond donors (Lipinski definition) is 0. The van der Waals surface area contributed by atoms with Gasteiger partial charge >= 0.3 is 11.9 Å². The number of ketones is 1. The molecule has 0 aromatic carbocycles. The molecule has 0 saturated heterocycles. The van der Waals surface area contributed by atoms with Crippen molar-refractivity contribution in [3.05, 3.63) is 34.9 Å². The predicted molar refractivity (Wildman–Crippen MR) is 157 cm³/mol. The lowest BCUT2D eigenvalue weighted by Crippen LogP contribution is -2.40. The van der Waals surface area contributed by atoms with Crippen LogP contribution in [0.2, 0.25) is 0 Å². The lowest BCUT2D eigenvalue weighted by atomic mass is 9.59. The monoisotopic (exact) mass is 584 g/mol. The molecule has 0 spiro atoms.